The fraction of sp³-hybridized carbons (Fsp3) is 0.800. The van der Waals surface area contributed by atoms with Crippen molar-refractivity contribution in [2.45, 2.75) is 32.7 Å². The van der Waals surface area contributed by atoms with E-state index >= 15 is 0 Å². The first-order chi connectivity index (χ1) is 5.48. The van der Waals surface area contributed by atoms with Gasteiger partial charge in [-0.15, -0.1) is 0 Å². The van der Waals surface area contributed by atoms with E-state index in [0.29, 0.717) is 5.54 Å². The molecule has 0 aromatic carbocycles. The minimum absolute atomic E-state index is 0.310. The molecule has 2 heteroatoms. The van der Waals surface area contributed by atoms with Gasteiger partial charge in [-0.05, 0) is 32.8 Å². The van der Waals surface area contributed by atoms with Crippen LogP contribution < -0.4 is 5.73 Å². The summed E-state index contributed by atoms with van der Waals surface area (Å²) in [5.74, 6) is 0.796. The van der Waals surface area contributed by atoms with Crippen molar-refractivity contribution >= 4 is 0 Å². The molecule has 12 heavy (non-hydrogen) atoms. The third kappa shape index (κ3) is 1.06. The maximum atomic E-state index is 5.82. The van der Waals surface area contributed by atoms with Crippen molar-refractivity contribution in [1.29, 1.82) is 0 Å². The van der Waals surface area contributed by atoms with E-state index in [1.807, 2.05) is 0 Å². The number of rotatable bonds is 0. The highest BCUT2D eigenvalue weighted by Gasteiger charge is 2.39. The van der Waals surface area contributed by atoms with Crippen LogP contribution >= 0.6 is 0 Å². The zero-order chi connectivity index (χ0) is 8.93. The van der Waals surface area contributed by atoms with Crippen molar-refractivity contribution in [3.63, 3.8) is 0 Å². The van der Waals surface area contributed by atoms with E-state index in [1.165, 1.54) is 12.1 Å². The lowest BCUT2D eigenvalue weighted by Gasteiger charge is -2.31. The summed E-state index contributed by atoms with van der Waals surface area (Å²) in [5.41, 5.74) is 8.81. The van der Waals surface area contributed by atoms with Crippen molar-refractivity contribution in [3.05, 3.63) is 11.3 Å². The Labute approximate surface area is 74.4 Å². The lowest BCUT2D eigenvalue weighted by molar-refractivity contribution is 0.171. The number of likely N-dealkylation sites (tertiary alicyclic amines) is 1. The first-order valence-electron chi connectivity index (χ1n) is 4.71. The Morgan fingerprint density at radius 1 is 1.42 bits per heavy atom. The molecule has 1 saturated heterocycles. The van der Waals surface area contributed by atoms with E-state index < -0.39 is 0 Å². The molecule has 1 aliphatic heterocycles. The summed E-state index contributed by atoms with van der Waals surface area (Å²) in [6.45, 7) is 9.15. The van der Waals surface area contributed by atoms with Gasteiger partial charge in [0.1, 0.15) is 0 Å². The van der Waals surface area contributed by atoms with E-state index in [1.54, 1.807) is 0 Å². The van der Waals surface area contributed by atoms with Gasteiger partial charge in [0.05, 0.1) is 0 Å². The number of fused-ring (bicyclic) bond motifs is 1. The Kier molecular flexibility index (Phi) is 1.52. The summed E-state index contributed by atoms with van der Waals surface area (Å²) < 4.78 is 0. The van der Waals surface area contributed by atoms with Gasteiger partial charge in [-0.25, -0.2) is 0 Å². The molecule has 0 aromatic rings. The summed E-state index contributed by atoms with van der Waals surface area (Å²) in [6, 6.07) is 0. The second-order valence-corrected chi connectivity index (χ2v) is 5.00. The number of hydrogen-bond acceptors (Lipinski definition) is 2. The molecule has 68 valence electrons. The van der Waals surface area contributed by atoms with E-state index in [9.17, 15) is 0 Å². The predicted octanol–water partition coefficient (Wildman–Crippen LogP) is 1.33. The number of hydrogen-bond donors (Lipinski definition) is 1. The Hall–Kier alpha value is -0.500. The highest BCUT2D eigenvalue weighted by molar-refractivity contribution is 5.31. The average molecular weight is 166 g/mol. The topological polar surface area (TPSA) is 29.3 Å². The average Bonchev–Trinajstić information content (AvgIpc) is 2.24. The predicted molar refractivity (Wildman–Crippen MR) is 50.6 cm³/mol. The summed E-state index contributed by atoms with van der Waals surface area (Å²) in [6.07, 6.45) is 1.14. The fourth-order valence-electron chi connectivity index (χ4n) is 2.10. The molecule has 0 spiro atoms. The van der Waals surface area contributed by atoms with Crippen LogP contribution in [0.15, 0.2) is 11.3 Å². The highest BCUT2D eigenvalue weighted by Crippen LogP contribution is 2.40. The SMILES string of the molecule is CC(C)(C)N1CC2=C(N)CC2C1. The van der Waals surface area contributed by atoms with Crippen molar-refractivity contribution < 1.29 is 0 Å². The number of nitrogens with two attached hydrogens (primary N) is 1. The van der Waals surface area contributed by atoms with Gasteiger partial charge < -0.3 is 5.73 Å². The van der Waals surface area contributed by atoms with Crippen LogP contribution in [-0.2, 0) is 0 Å². The highest BCUT2D eigenvalue weighted by atomic mass is 15.2. The minimum atomic E-state index is 0.310. The zero-order valence-corrected chi connectivity index (χ0v) is 8.22. The first kappa shape index (κ1) is 8.11. The lowest BCUT2D eigenvalue weighted by atomic mass is 9.85. The van der Waals surface area contributed by atoms with Gasteiger partial charge in [0.25, 0.3) is 0 Å². The molecular formula is C10H18N2. The van der Waals surface area contributed by atoms with Crippen molar-refractivity contribution in [1.82, 2.24) is 4.90 Å². The molecule has 1 fully saturated rings. The quantitative estimate of drug-likeness (QED) is 0.588. The molecule has 1 unspecified atom stereocenters. The Morgan fingerprint density at radius 2 is 2.08 bits per heavy atom. The van der Waals surface area contributed by atoms with E-state index in [4.69, 9.17) is 5.73 Å². The Bertz CT molecular complexity index is 235. The van der Waals surface area contributed by atoms with Crippen LogP contribution in [0.1, 0.15) is 27.2 Å². The van der Waals surface area contributed by atoms with E-state index in [2.05, 4.69) is 25.7 Å². The van der Waals surface area contributed by atoms with Crippen LogP contribution in [-0.4, -0.2) is 23.5 Å². The zero-order valence-electron chi connectivity index (χ0n) is 8.22. The van der Waals surface area contributed by atoms with Crippen LogP contribution in [0.2, 0.25) is 0 Å². The minimum Gasteiger partial charge on any atom is -0.402 e. The maximum Gasteiger partial charge on any atom is 0.0221 e. The van der Waals surface area contributed by atoms with Gasteiger partial charge in [-0.2, -0.15) is 0 Å². The van der Waals surface area contributed by atoms with Crippen LogP contribution in [0, 0.1) is 5.92 Å². The van der Waals surface area contributed by atoms with Gasteiger partial charge in [-0.3, -0.25) is 4.90 Å². The number of nitrogens with zero attached hydrogens (tertiary/aromatic N) is 1. The van der Waals surface area contributed by atoms with Crippen LogP contribution in [0.5, 0.6) is 0 Å². The van der Waals surface area contributed by atoms with Crippen molar-refractivity contribution in [2.24, 2.45) is 11.7 Å². The van der Waals surface area contributed by atoms with Gasteiger partial charge in [0.15, 0.2) is 0 Å². The standard InChI is InChI=1S/C10H18N2/c1-10(2,3)12-5-7-4-9(11)8(7)6-12/h7H,4-6,11H2,1-3H3. The van der Waals surface area contributed by atoms with Crippen LogP contribution in [0.25, 0.3) is 0 Å². The van der Waals surface area contributed by atoms with E-state index in [-0.39, 0.29) is 0 Å². The maximum absolute atomic E-state index is 5.82. The van der Waals surface area contributed by atoms with Crippen molar-refractivity contribution in [3.8, 4) is 0 Å². The molecule has 0 amide bonds. The summed E-state index contributed by atoms with van der Waals surface area (Å²) in [7, 11) is 0. The molecule has 1 heterocycles. The largest absolute Gasteiger partial charge is 0.402 e. The normalized spacial score (nSPS) is 30.4. The van der Waals surface area contributed by atoms with Gasteiger partial charge in [-0.1, -0.05) is 0 Å². The Balaban J connectivity index is 2.10. The van der Waals surface area contributed by atoms with Gasteiger partial charge in [0.2, 0.25) is 0 Å². The molecule has 0 radical (unpaired) electrons. The molecule has 2 N–H and O–H groups in total. The molecule has 2 aliphatic rings. The van der Waals surface area contributed by atoms with Crippen molar-refractivity contribution in [2.75, 3.05) is 13.1 Å². The number of allylic oxidation sites excluding steroid dienone is 1. The third-order valence-electron chi connectivity index (χ3n) is 3.12. The first-order valence-corrected chi connectivity index (χ1v) is 4.71. The van der Waals surface area contributed by atoms with E-state index in [0.717, 1.165) is 24.6 Å². The van der Waals surface area contributed by atoms with Gasteiger partial charge in [0, 0.05) is 30.2 Å². The molecule has 2 nitrogen and oxygen atoms in total. The summed E-state index contributed by atoms with van der Waals surface area (Å²) in [4.78, 5) is 2.52. The molecule has 1 atom stereocenters. The molecule has 1 aliphatic carbocycles. The lowest BCUT2D eigenvalue weighted by Crippen LogP contribution is -2.39. The molecule has 0 aromatic heterocycles. The van der Waals surface area contributed by atoms with Crippen LogP contribution in [0.4, 0.5) is 0 Å². The molecule has 0 bridgehead atoms. The summed E-state index contributed by atoms with van der Waals surface area (Å²) in [5, 5.41) is 0. The second-order valence-electron chi connectivity index (χ2n) is 5.00. The van der Waals surface area contributed by atoms with Gasteiger partial charge >= 0.3 is 0 Å². The fourth-order valence-corrected chi connectivity index (χ4v) is 2.10. The monoisotopic (exact) mass is 166 g/mol. The molecule has 2 rings (SSSR count). The summed E-state index contributed by atoms with van der Waals surface area (Å²) >= 11 is 0. The van der Waals surface area contributed by atoms with Crippen LogP contribution in [0.3, 0.4) is 0 Å². The third-order valence-corrected chi connectivity index (χ3v) is 3.12. The molecule has 0 saturated carbocycles. The smallest absolute Gasteiger partial charge is 0.0221 e. The second kappa shape index (κ2) is 2.25. The Morgan fingerprint density at radius 3 is 2.50 bits per heavy atom. The molecular weight excluding hydrogens is 148 g/mol.